The minimum absolute atomic E-state index is 0.138. The first-order chi connectivity index (χ1) is 6.72. The first-order valence-corrected chi connectivity index (χ1v) is 4.73. The van der Waals surface area contributed by atoms with Crippen molar-refractivity contribution in [2.24, 2.45) is 0 Å². The molecule has 1 aromatic carbocycles. The number of aliphatic hydroxyl groups is 1. The molecule has 1 N–H and O–H groups in total. The van der Waals surface area contributed by atoms with Crippen molar-refractivity contribution in [2.75, 3.05) is 7.11 Å². The standard InChI is InChI=1S/C11H14O3/c1-7(12)11-6-8-9(13-2)4-3-5-10(8)14-11/h3-5,7,11-12H,6H2,1-2H3. The second kappa shape index (κ2) is 3.50. The Bertz CT molecular complexity index is 333. The summed E-state index contributed by atoms with van der Waals surface area (Å²) in [5, 5.41) is 9.42. The Labute approximate surface area is 83.3 Å². The number of hydrogen-bond donors (Lipinski definition) is 1. The molecule has 0 radical (unpaired) electrons. The van der Waals surface area contributed by atoms with Crippen LogP contribution in [-0.4, -0.2) is 24.4 Å². The lowest BCUT2D eigenvalue weighted by atomic mass is 10.1. The third-order valence-corrected chi connectivity index (χ3v) is 2.53. The maximum atomic E-state index is 9.42. The molecular formula is C11H14O3. The summed E-state index contributed by atoms with van der Waals surface area (Å²) in [6, 6.07) is 5.70. The van der Waals surface area contributed by atoms with Crippen LogP contribution in [0.2, 0.25) is 0 Å². The van der Waals surface area contributed by atoms with Gasteiger partial charge in [-0.2, -0.15) is 0 Å². The molecule has 1 aliphatic rings. The molecule has 1 heterocycles. The van der Waals surface area contributed by atoms with Gasteiger partial charge in [-0.05, 0) is 19.1 Å². The second-order valence-corrected chi connectivity index (χ2v) is 3.54. The Balaban J connectivity index is 2.30. The van der Waals surface area contributed by atoms with Crippen LogP contribution in [0, 0.1) is 0 Å². The Kier molecular flexibility index (Phi) is 2.33. The average molecular weight is 194 g/mol. The van der Waals surface area contributed by atoms with Crippen molar-refractivity contribution >= 4 is 0 Å². The Morgan fingerprint density at radius 2 is 2.36 bits per heavy atom. The van der Waals surface area contributed by atoms with Gasteiger partial charge in [0.15, 0.2) is 0 Å². The summed E-state index contributed by atoms with van der Waals surface area (Å²) in [6.07, 6.45) is 0.130. The lowest BCUT2D eigenvalue weighted by molar-refractivity contribution is 0.0632. The largest absolute Gasteiger partial charge is 0.496 e. The van der Waals surface area contributed by atoms with Crippen molar-refractivity contribution in [1.29, 1.82) is 0 Å². The minimum Gasteiger partial charge on any atom is -0.496 e. The van der Waals surface area contributed by atoms with Gasteiger partial charge in [0.1, 0.15) is 17.6 Å². The van der Waals surface area contributed by atoms with E-state index in [9.17, 15) is 5.11 Å². The Hall–Kier alpha value is -1.22. The zero-order valence-electron chi connectivity index (χ0n) is 8.36. The molecule has 0 aromatic heterocycles. The summed E-state index contributed by atoms with van der Waals surface area (Å²) in [6.45, 7) is 1.74. The van der Waals surface area contributed by atoms with E-state index in [2.05, 4.69) is 0 Å². The highest BCUT2D eigenvalue weighted by atomic mass is 16.5. The summed E-state index contributed by atoms with van der Waals surface area (Å²) in [7, 11) is 1.64. The van der Waals surface area contributed by atoms with E-state index >= 15 is 0 Å². The number of hydrogen-bond acceptors (Lipinski definition) is 3. The normalized spacial score (nSPS) is 21.2. The van der Waals surface area contributed by atoms with Crippen molar-refractivity contribution < 1.29 is 14.6 Å². The van der Waals surface area contributed by atoms with Crippen LogP contribution in [0.15, 0.2) is 18.2 Å². The summed E-state index contributed by atoms with van der Waals surface area (Å²) in [4.78, 5) is 0. The molecule has 0 saturated heterocycles. The molecule has 1 aliphatic heterocycles. The molecule has 0 bridgehead atoms. The maximum Gasteiger partial charge on any atom is 0.128 e. The summed E-state index contributed by atoms with van der Waals surface area (Å²) >= 11 is 0. The van der Waals surface area contributed by atoms with Gasteiger partial charge in [-0.1, -0.05) is 6.07 Å². The first-order valence-electron chi connectivity index (χ1n) is 4.73. The van der Waals surface area contributed by atoms with Crippen LogP contribution in [0.5, 0.6) is 11.5 Å². The van der Waals surface area contributed by atoms with Crippen LogP contribution < -0.4 is 9.47 Å². The highest BCUT2D eigenvalue weighted by molar-refractivity contribution is 5.47. The molecule has 2 rings (SSSR count). The van der Waals surface area contributed by atoms with E-state index in [1.54, 1.807) is 14.0 Å². The fourth-order valence-corrected chi connectivity index (χ4v) is 1.72. The van der Waals surface area contributed by atoms with Gasteiger partial charge < -0.3 is 14.6 Å². The monoisotopic (exact) mass is 194 g/mol. The van der Waals surface area contributed by atoms with Crippen LogP contribution >= 0.6 is 0 Å². The van der Waals surface area contributed by atoms with E-state index in [0.717, 1.165) is 23.5 Å². The van der Waals surface area contributed by atoms with E-state index in [1.165, 1.54) is 0 Å². The minimum atomic E-state index is -0.452. The van der Waals surface area contributed by atoms with Gasteiger partial charge in [-0.25, -0.2) is 0 Å². The molecule has 0 amide bonds. The molecule has 14 heavy (non-hydrogen) atoms. The number of ether oxygens (including phenoxy) is 2. The van der Waals surface area contributed by atoms with Crippen molar-refractivity contribution in [1.82, 2.24) is 0 Å². The molecule has 1 aromatic rings. The summed E-state index contributed by atoms with van der Waals surface area (Å²) < 4.78 is 10.8. The molecular weight excluding hydrogens is 180 g/mol. The number of aliphatic hydroxyl groups excluding tert-OH is 1. The molecule has 0 aliphatic carbocycles. The topological polar surface area (TPSA) is 38.7 Å². The van der Waals surface area contributed by atoms with Gasteiger partial charge >= 0.3 is 0 Å². The third-order valence-electron chi connectivity index (χ3n) is 2.53. The second-order valence-electron chi connectivity index (χ2n) is 3.54. The maximum absolute atomic E-state index is 9.42. The van der Waals surface area contributed by atoms with Gasteiger partial charge in [-0.15, -0.1) is 0 Å². The van der Waals surface area contributed by atoms with Crippen LogP contribution in [-0.2, 0) is 6.42 Å². The van der Waals surface area contributed by atoms with Crippen molar-refractivity contribution in [3.8, 4) is 11.5 Å². The highest BCUT2D eigenvalue weighted by Gasteiger charge is 2.28. The zero-order chi connectivity index (χ0) is 10.1. The van der Waals surface area contributed by atoms with Crippen molar-refractivity contribution in [3.63, 3.8) is 0 Å². The van der Waals surface area contributed by atoms with Crippen molar-refractivity contribution in [3.05, 3.63) is 23.8 Å². The fraction of sp³-hybridized carbons (Fsp3) is 0.455. The third kappa shape index (κ3) is 1.44. The number of benzene rings is 1. The molecule has 2 unspecified atom stereocenters. The molecule has 76 valence electrons. The van der Waals surface area contributed by atoms with Gasteiger partial charge in [0, 0.05) is 12.0 Å². The lowest BCUT2D eigenvalue weighted by Gasteiger charge is -2.12. The molecule has 0 fully saturated rings. The van der Waals surface area contributed by atoms with E-state index in [-0.39, 0.29) is 6.10 Å². The van der Waals surface area contributed by atoms with E-state index in [1.807, 2.05) is 18.2 Å². The van der Waals surface area contributed by atoms with E-state index in [0.29, 0.717) is 0 Å². The molecule has 0 spiro atoms. The number of fused-ring (bicyclic) bond motifs is 1. The van der Waals surface area contributed by atoms with Gasteiger partial charge in [-0.3, -0.25) is 0 Å². The average Bonchev–Trinajstić information content (AvgIpc) is 2.60. The van der Waals surface area contributed by atoms with E-state index in [4.69, 9.17) is 9.47 Å². The van der Waals surface area contributed by atoms with Crippen LogP contribution in [0.3, 0.4) is 0 Å². The highest BCUT2D eigenvalue weighted by Crippen LogP contribution is 2.36. The summed E-state index contributed by atoms with van der Waals surface area (Å²) in [5.41, 5.74) is 1.06. The van der Waals surface area contributed by atoms with Gasteiger partial charge in [0.2, 0.25) is 0 Å². The SMILES string of the molecule is COc1cccc2c1CC(C(C)O)O2. The number of methoxy groups -OCH3 is 1. The van der Waals surface area contributed by atoms with Crippen LogP contribution in [0.25, 0.3) is 0 Å². The summed E-state index contributed by atoms with van der Waals surface area (Å²) in [5.74, 6) is 1.67. The molecule has 3 heteroatoms. The lowest BCUT2D eigenvalue weighted by Crippen LogP contribution is -2.26. The molecule has 0 saturated carbocycles. The number of rotatable bonds is 2. The fourth-order valence-electron chi connectivity index (χ4n) is 1.72. The molecule has 3 nitrogen and oxygen atoms in total. The predicted molar refractivity (Wildman–Crippen MR) is 52.8 cm³/mol. The van der Waals surface area contributed by atoms with Crippen molar-refractivity contribution in [2.45, 2.75) is 25.6 Å². The van der Waals surface area contributed by atoms with Crippen LogP contribution in [0.4, 0.5) is 0 Å². The Morgan fingerprint density at radius 1 is 1.57 bits per heavy atom. The first kappa shape index (κ1) is 9.34. The predicted octanol–water partition coefficient (Wildman–Crippen LogP) is 1.38. The Morgan fingerprint density at radius 3 is 3.00 bits per heavy atom. The quantitative estimate of drug-likeness (QED) is 0.773. The van der Waals surface area contributed by atoms with Gasteiger partial charge in [0.25, 0.3) is 0 Å². The van der Waals surface area contributed by atoms with Gasteiger partial charge in [0.05, 0.1) is 13.2 Å². The smallest absolute Gasteiger partial charge is 0.128 e. The van der Waals surface area contributed by atoms with Crippen LogP contribution in [0.1, 0.15) is 12.5 Å². The molecule has 2 atom stereocenters. The zero-order valence-corrected chi connectivity index (χ0v) is 8.36. The van der Waals surface area contributed by atoms with E-state index < -0.39 is 6.10 Å².